The van der Waals surface area contributed by atoms with Gasteiger partial charge in [-0.2, -0.15) is 5.26 Å². The zero-order valence-corrected chi connectivity index (χ0v) is 23.0. The van der Waals surface area contributed by atoms with E-state index in [0.29, 0.717) is 43.3 Å². The molecule has 6 nitrogen and oxygen atoms in total. The molecule has 0 aromatic heterocycles. The number of nitrogens with one attached hydrogen (secondary N) is 3. The van der Waals surface area contributed by atoms with Crippen molar-refractivity contribution in [3.8, 4) is 6.07 Å². The molecule has 0 spiro atoms. The Morgan fingerprint density at radius 3 is 2.32 bits per heavy atom. The van der Waals surface area contributed by atoms with Gasteiger partial charge in [0.05, 0.1) is 28.3 Å². The van der Waals surface area contributed by atoms with Crippen molar-refractivity contribution in [3.63, 3.8) is 0 Å². The molecule has 0 fully saturated rings. The van der Waals surface area contributed by atoms with Crippen molar-refractivity contribution < 1.29 is 9.59 Å². The molecular weight excluding hydrogens is 539 g/mol. The summed E-state index contributed by atoms with van der Waals surface area (Å²) in [5.41, 5.74) is 4.27. The maximum absolute atomic E-state index is 13.5. The van der Waals surface area contributed by atoms with Crippen molar-refractivity contribution in [1.82, 2.24) is 5.32 Å². The van der Waals surface area contributed by atoms with Crippen LogP contribution in [-0.2, 0) is 9.59 Å². The number of benzene rings is 3. The van der Waals surface area contributed by atoms with Gasteiger partial charge in [0.1, 0.15) is 0 Å². The molecule has 9 heteroatoms. The number of rotatable bonds is 7. The highest BCUT2D eigenvalue weighted by atomic mass is 35.5. The number of nitriles is 1. The number of anilines is 2. The average molecular weight is 564 g/mol. The van der Waals surface area contributed by atoms with E-state index in [0.717, 1.165) is 11.1 Å². The Labute approximate surface area is 235 Å². The largest absolute Gasteiger partial charge is 0.353 e. The molecular formula is C29H24Cl2N4O2S. The molecule has 2 amide bonds. The van der Waals surface area contributed by atoms with Crippen molar-refractivity contribution in [1.29, 1.82) is 5.26 Å². The molecule has 0 saturated carbocycles. The third-order valence-electron chi connectivity index (χ3n) is 5.93. The maximum atomic E-state index is 13.5. The molecule has 0 saturated heterocycles. The Morgan fingerprint density at radius 2 is 1.66 bits per heavy atom. The molecule has 0 aliphatic carbocycles. The molecule has 1 heterocycles. The number of thioether (sulfide) groups is 1. The summed E-state index contributed by atoms with van der Waals surface area (Å²) in [6.45, 7) is 3.67. The fraction of sp³-hybridized carbons (Fsp3) is 0.138. The Hall–Kier alpha value is -3.70. The fourth-order valence-corrected chi connectivity index (χ4v) is 5.24. The first-order valence-corrected chi connectivity index (χ1v) is 13.4. The topological polar surface area (TPSA) is 94.0 Å². The molecule has 38 heavy (non-hydrogen) atoms. The summed E-state index contributed by atoms with van der Waals surface area (Å²) in [5.74, 6) is -1.14. The van der Waals surface area contributed by atoms with E-state index in [9.17, 15) is 14.9 Å². The van der Waals surface area contributed by atoms with Crippen LogP contribution in [0.5, 0.6) is 0 Å². The van der Waals surface area contributed by atoms with E-state index in [1.165, 1.54) is 11.8 Å². The van der Waals surface area contributed by atoms with Crippen LogP contribution in [0.3, 0.4) is 0 Å². The quantitative estimate of drug-likeness (QED) is 0.288. The lowest BCUT2D eigenvalue weighted by Crippen LogP contribution is -2.31. The lowest BCUT2D eigenvalue weighted by molar-refractivity contribution is -0.114. The summed E-state index contributed by atoms with van der Waals surface area (Å²) in [6, 6.07) is 23.8. The van der Waals surface area contributed by atoms with Gasteiger partial charge in [-0.15, -0.1) is 0 Å². The van der Waals surface area contributed by atoms with E-state index in [-0.39, 0.29) is 17.6 Å². The first-order chi connectivity index (χ1) is 18.3. The monoisotopic (exact) mass is 562 g/mol. The van der Waals surface area contributed by atoms with Gasteiger partial charge >= 0.3 is 0 Å². The van der Waals surface area contributed by atoms with Gasteiger partial charge in [-0.25, -0.2) is 0 Å². The minimum absolute atomic E-state index is 0.0557. The normalized spacial score (nSPS) is 15.0. The van der Waals surface area contributed by atoms with E-state index < -0.39 is 5.92 Å². The third kappa shape index (κ3) is 6.40. The van der Waals surface area contributed by atoms with Crippen molar-refractivity contribution >= 4 is 58.2 Å². The number of nitrogens with zero attached hydrogens (tertiary/aromatic N) is 1. The molecule has 3 aromatic rings. The summed E-state index contributed by atoms with van der Waals surface area (Å²) >= 11 is 13.4. The number of dihydropyridines is 1. The molecule has 4 rings (SSSR count). The fourth-order valence-electron chi connectivity index (χ4n) is 4.04. The SMILES string of the molecule is CC1=C(C(=O)Nc2ccc(Cl)cc2)[C@@H](c2ccccc2)C(C#N)=C(SCC(=O)Nc2ccc(C)c(Cl)c2)N1. The predicted octanol–water partition coefficient (Wildman–Crippen LogP) is 7.01. The van der Waals surface area contributed by atoms with Crippen molar-refractivity contribution in [2.45, 2.75) is 19.8 Å². The summed E-state index contributed by atoms with van der Waals surface area (Å²) in [4.78, 5) is 26.2. The van der Waals surface area contributed by atoms with Crippen molar-refractivity contribution in [2.24, 2.45) is 0 Å². The van der Waals surface area contributed by atoms with Crippen LogP contribution in [0.2, 0.25) is 10.0 Å². The average Bonchev–Trinajstić information content (AvgIpc) is 2.90. The Kier molecular flexibility index (Phi) is 8.80. The summed E-state index contributed by atoms with van der Waals surface area (Å²) in [7, 11) is 0. The molecule has 0 bridgehead atoms. The van der Waals surface area contributed by atoms with Crippen LogP contribution in [0.15, 0.2) is 94.7 Å². The third-order valence-corrected chi connectivity index (χ3v) is 7.61. The number of aryl methyl sites for hydroxylation is 1. The van der Waals surface area contributed by atoms with Crippen LogP contribution in [-0.4, -0.2) is 17.6 Å². The van der Waals surface area contributed by atoms with E-state index in [2.05, 4.69) is 22.0 Å². The van der Waals surface area contributed by atoms with Gasteiger partial charge in [-0.3, -0.25) is 9.59 Å². The van der Waals surface area contributed by atoms with E-state index in [1.54, 1.807) is 43.3 Å². The molecule has 1 aliphatic rings. The number of carbonyl (C=O) groups is 2. The van der Waals surface area contributed by atoms with Crippen LogP contribution in [0.4, 0.5) is 11.4 Å². The van der Waals surface area contributed by atoms with Crippen molar-refractivity contribution in [2.75, 3.05) is 16.4 Å². The van der Waals surface area contributed by atoms with Gasteiger partial charge in [-0.05, 0) is 61.4 Å². The van der Waals surface area contributed by atoms with Gasteiger partial charge in [-0.1, -0.05) is 71.4 Å². The van der Waals surface area contributed by atoms with E-state index >= 15 is 0 Å². The number of amides is 2. The lowest BCUT2D eigenvalue weighted by Gasteiger charge is -2.30. The highest BCUT2D eigenvalue weighted by Crippen LogP contribution is 2.41. The van der Waals surface area contributed by atoms with Gasteiger partial charge in [0, 0.05) is 32.7 Å². The van der Waals surface area contributed by atoms with E-state index in [1.807, 2.05) is 43.3 Å². The standard InChI is InChI=1S/C29H24Cl2N4O2S/c1-17-8-11-22(14-24(17)31)34-25(36)16-38-29-23(15-32)27(19-6-4-3-5-7-19)26(18(2)33-29)28(37)35-21-12-9-20(30)10-13-21/h3-14,27,33H,16H2,1-2H3,(H,34,36)(H,35,37)/t27-/m0/s1. The van der Waals surface area contributed by atoms with Crippen molar-refractivity contribution in [3.05, 3.63) is 116 Å². The van der Waals surface area contributed by atoms with Gasteiger partial charge < -0.3 is 16.0 Å². The number of allylic oxidation sites excluding steroid dienone is 2. The molecule has 0 unspecified atom stereocenters. The van der Waals surface area contributed by atoms with Crippen LogP contribution >= 0.6 is 35.0 Å². The van der Waals surface area contributed by atoms with Gasteiger partial charge in [0.15, 0.2) is 0 Å². The van der Waals surface area contributed by atoms with E-state index in [4.69, 9.17) is 23.2 Å². The van der Waals surface area contributed by atoms with Gasteiger partial charge in [0.25, 0.3) is 5.91 Å². The maximum Gasteiger partial charge on any atom is 0.254 e. The van der Waals surface area contributed by atoms with Crippen LogP contribution < -0.4 is 16.0 Å². The second-order valence-electron chi connectivity index (χ2n) is 8.62. The Bertz CT molecular complexity index is 1480. The Balaban J connectivity index is 1.59. The molecule has 192 valence electrons. The molecule has 3 aromatic carbocycles. The Morgan fingerprint density at radius 1 is 0.974 bits per heavy atom. The molecule has 3 N–H and O–H groups in total. The number of hydrogen-bond acceptors (Lipinski definition) is 5. The minimum Gasteiger partial charge on any atom is -0.353 e. The first-order valence-electron chi connectivity index (χ1n) is 11.7. The molecule has 0 radical (unpaired) electrons. The van der Waals surface area contributed by atoms with Crippen LogP contribution in [0, 0.1) is 18.3 Å². The minimum atomic E-state index is -0.615. The highest BCUT2D eigenvalue weighted by molar-refractivity contribution is 8.03. The molecule has 1 aliphatic heterocycles. The summed E-state index contributed by atoms with van der Waals surface area (Å²) in [6.07, 6.45) is 0. The van der Waals surface area contributed by atoms with Crippen LogP contribution in [0.1, 0.15) is 24.0 Å². The number of carbonyl (C=O) groups excluding carboxylic acids is 2. The highest BCUT2D eigenvalue weighted by Gasteiger charge is 2.34. The number of hydrogen-bond donors (Lipinski definition) is 3. The lowest BCUT2D eigenvalue weighted by atomic mass is 9.82. The number of halogens is 2. The summed E-state index contributed by atoms with van der Waals surface area (Å²) in [5, 5.41) is 20.8. The zero-order chi connectivity index (χ0) is 27.2. The second-order valence-corrected chi connectivity index (χ2v) is 10.5. The van der Waals surface area contributed by atoms with Gasteiger partial charge in [0.2, 0.25) is 5.91 Å². The predicted molar refractivity (Wildman–Crippen MR) is 155 cm³/mol. The second kappa shape index (κ2) is 12.2. The first kappa shape index (κ1) is 27.3. The van der Waals surface area contributed by atoms with Crippen LogP contribution in [0.25, 0.3) is 0 Å². The molecule has 1 atom stereocenters. The zero-order valence-electron chi connectivity index (χ0n) is 20.6. The smallest absolute Gasteiger partial charge is 0.254 e. The summed E-state index contributed by atoms with van der Waals surface area (Å²) < 4.78 is 0.